The number of rotatable bonds is 7. The van der Waals surface area contributed by atoms with E-state index >= 15 is 0 Å². The lowest BCUT2D eigenvalue weighted by Crippen LogP contribution is -2.15. The molecule has 0 atom stereocenters. The molecule has 0 aliphatic carbocycles. The average molecular weight is 463 g/mol. The van der Waals surface area contributed by atoms with Gasteiger partial charge in [-0.3, -0.25) is 10.1 Å². The maximum absolute atomic E-state index is 13.6. The Balaban J connectivity index is 1.35. The minimum Gasteiger partial charge on any atom is -0.468 e. The number of carbonyl (C=O) groups excluding carboxylic acids is 1. The van der Waals surface area contributed by atoms with Crippen LogP contribution in [0.3, 0.4) is 0 Å². The summed E-state index contributed by atoms with van der Waals surface area (Å²) in [5.41, 5.74) is 0.679. The van der Waals surface area contributed by atoms with Gasteiger partial charge in [0, 0.05) is 17.3 Å². The van der Waals surface area contributed by atoms with Crippen LogP contribution in [-0.4, -0.2) is 30.5 Å². The molecule has 0 fully saturated rings. The number of nitrogens with one attached hydrogen (secondary N) is 1. The number of nitrogens with zero attached hydrogens (tertiary/aromatic N) is 5. The van der Waals surface area contributed by atoms with E-state index in [-0.39, 0.29) is 35.7 Å². The Morgan fingerprint density at radius 2 is 1.81 bits per heavy atom. The fraction of sp³-hybridized carbons (Fsp3) is 0.100. The maximum Gasteiger partial charge on any atom is 0.278 e. The van der Waals surface area contributed by atoms with Gasteiger partial charge in [-0.25, -0.2) is 27.5 Å². The Labute approximate surface area is 184 Å². The highest BCUT2D eigenvalue weighted by Gasteiger charge is 2.14. The standard InChI is InChI=1S/C20H14ClF3N6O2/c21-15-7-13(22)2-1-12(15)9-30-10-25-20(28-30)26-19(31)17-5-6-29(27-17)11-32-18-4-3-14(23)8-16(18)24/h1-8,10H,9,11H2,(H,26,28,31). The second kappa shape index (κ2) is 9.10. The molecule has 2 aromatic carbocycles. The SMILES string of the molecule is O=C(Nc1ncn(Cc2ccc(F)cc2Cl)n1)c1ccn(COc2ccc(F)cc2F)n1. The lowest BCUT2D eigenvalue weighted by atomic mass is 10.2. The van der Waals surface area contributed by atoms with Crippen molar-refractivity contribution in [3.05, 3.63) is 88.7 Å². The van der Waals surface area contributed by atoms with Gasteiger partial charge < -0.3 is 4.74 Å². The first-order valence-corrected chi connectivity index (χ1v) is 9.51. The summed E-state index contributed by atoms with van der Waals surface area (Å²) >= 11 is 6.00. The van der Waals surface area contributed by atoms with Crippen LogP contribution in [0, 0.1) is 17.5 Å². The number of anilines is 1. The Morgan fingerprint density at radius 3 is 2.59 bits per heavy atom. The van der Waals surface area contributed by atoms with Crippen LogP contribution in [0.15, 0.2) is 55.0 Å². The fourth-order valence-corrected chi connectivity index (χ4v) is 2.93. The van der Waals surface area contributed by atoms with Gasteiger partial charge in [-0.1, -0.05) is 17.7 Å². The molecule has 0 unspecified atom stereocenters. The van der Waals surface area contributed by atoms with E-state index in [1.54, 1.807) is 0 Å². The molecule has 12 heteroatoms. The molecule has 2 heterocycles. The quantitative estimate of drug-likeness (QED) is 0.450. The zero-order chi connectivity index (χ0) is 22.7. The molecule has 0 saturated heterocycles. The highest BCUT2D eigenvalue weighted by molar-refractivity contribution is 6.31. The summed E-state index contributed by atoms with van der Waals surface area (Å²) in [6.45, 7) is 0.0367. The molecule has 2 aromatic heterocycles. The van der Waals surface area contributed by atoms with Gasteiger partial charge >= 0.3 is 0 Å². The number of benzene rings is 2. The third kappa shape index (κ3) is 5.06. The fourth-order valence-electron chi connectivity index (χ4n) is 2.70. The van der Waals surface area contributed by atoms with Crippen molar-refractivity contribution >= 4 is 23.5 Å². The highest BCUT2D eigenvalue weighted by atomic mass is 35.5. The van der Waals surface area contributed by atoms with Crippen LogP contribution in [0.5, 0.6) is 5.75 Å². The van der Waals surface area contributed by atoms with Gasteiger partial charge in [0.1, 0.15) is 18.0 Å². The molecule has 8 nitrogen and oxygen atoms in total. The summed E-state index contributed by atoms with van der Waals surface area (Å²) in [4.78, 5) is 16.4. The zero-order valence-electron chi connectivity index (χ0n) is 16.2. The first-order chi connectivity index (χ1) is 15.4. The van der Waals surface area contributed by atoms with Crippen molar-refractivity contribution in [1.82, 2.24) is 24.5 Å². The summed E-state index contributed by atoms with van der Waals surface area (Å²) in [5, 5.41) is 10.9. The normalized spacial score (nSPS) is 10.9. The summed E-state index contributed by atoms with van der Waals surface area (Å²) in [6.07, 6.45) is 2.85. The monoisotopic (exact) mass is 462 g/mol. The second-order valence-corrected chi connectivity index (χ2v) is 6.95. The summed E-state index contributed by atoms with van der Waals surface area (Å²) < 4.78 is 47.6. The molecule has 0 radical (unpaired) electrons. The molecule has 4 rings (SSSR count). The minimum absolute atomic E-state index is 0.0346. The predicted octanol–water partition coefficient (Wildman–Crippen LogP) is 3.88. The lowest BCUT2D eigenvalue weighted by Gasteiger charge is -2.07. The van der Waals surface area contributed by atoms with Gasteiger partial charge in [-0.05, 0) is 35.9 Å². The van der Waals surface area contributed by atoms with Gasteiger partial charge in [0.05, 0.1) is 6.54 Å². The topological polar surface area (TPSA) is 86.9 Å². The van der Waals surface area contributed by atoms with E-state index in [0.717, 1.165) is 12.1 Å². The Bertz CT molecular complexity index is 1280. The lowest BCUT2D eigenvalue weighted by molar-refractivity contribution is 0.101. The Hall–Kier alpha value is -3.86. The van der Waals surface area contributed by atoms with Crippen LogP contribution in [0.1, 0.15) is 16.1 Å². The molecular weight excluding hydrogens is 449 g/mol. The Kier molecular flexibility index (Phi) is 6.08. The number of ether oxygens (including phenoxy) is 1. The van der Waals surface area contributed by atoms with E-state index in [4.69, 9.17) is 16.3 Å². The van der Waals surface area contributed by atoms with E-state index in [2.05, 4.69) is 20.5 Å². The van der Waals surface area contributed by atoms with E-state index in [1.807, 2.05) is 0 Å². The minimum atomic E-state index is -0.848. The van der Waals surface area contributed by atoms with Crippen LogP contribution >= 0.6 is 11.6 Å². The molecule has 0 aliphatic heterocycles. The second-order valence-electron chi connectivity index (χ2n) is 6.54. The molecule has 0 aliphatic rings. The number of carbonyl (C=O) groups is 1. The molecule has 0 bridgehead atoms. The largest absolute Gasteiger partial charge is 0.468 e. The van der Waals surface area contributed by atoms with Crippen molar-refractivity contribution in [2.24, 2.45) is 0 Å². The van der Waals surface area contributed by atoms with Gasteiger partial charge in [-0.2, -0.15) is 5.10 Å². The summed E-state index contributed by atoms with van der Waals surface area (Å²) in [7, 11) is 0. The molecule has 1 amide bonds. The smallest absolute Gasteiger partial charge is 0.278 e. The van der Waals surface area contributed by atoms with Gasteiger partial charge in [-0.15, -0.1) is 5.10 Å². The van der Waals surface area contributed by atoms with Crippen molar-refractivity contribution in [3.8, 4) is 5.75 Å². The predicted molar refractivity (Wildman–Crippen MR) is 108 cm³/mol. The third-order valence-corrected chi connectivity index (χ3v) is 4.58. The Morgan fingerprint density at radius 1 is 1.03 bits per heavy atom. The number of hydrogen-bond donors (Lipinski definition) is 1. The van der Waals surface area contributed by atoms with Crippen LogP contribution in [-0.2, 0) is 13.3 Å². The molecular formula is C20H14ClF3N6O2. The van der Waals surface area contributed by atoms with Crippen molar-refractivity contribution in [2.75, 3.05) is 5.32 Å². The number of aromatic nitrogens is 5. The summed E-state index contributed by atoms with van der Waals surface area (Å²) in [6, 6.07) is 8.36. The van der Waals surface area contributed by atoms with E-state index in [9.17, 15) is 18.0 Å². The molecule has 164 valence electrons. The van der Waals surface area contributed by atoms with E-state index in [1.165, 1.54) is 46.2 Å². The first kappa shape index (κ1) is 21.4. The van der Waals surface area contributed by atoms with Crippen molar-refractivity contribution in [1.29, 1.82) is 0 Å². The van der Waals surface area contributed by atoms with E-state index in [0.29, 0.717) is 11.6 Å². The third-order valence-electron chi connectivity index (χ3n) is 4.23. The maximum atomic E-state index is 13.6. The average Bonchev–Trinajstić information content (AvgIpc) is 3.39. The van der Waals surface area contributed by atoms with Crippen LogP contribution in [0.4, 0.5) is 19.1 Å². The number of halogens is 4. The molecule has 32 heavy (non-hydrogen) atoms. The zero-order valence-corrected chi connectivity index (χ0v) is 16.9. The van der Waals surface area contributed by atoms with Crippen molar-refractivity contribution in [2.45, 2.75) is 13.3 Å². The van der Waals surface area contributed by atoms with Crippen LogP contribution < -0.4 is 10.1 Å². The summed E-state index contributed by atoms with van der Waals surface area (Å²) in [5.74, 6) is -2.70. The molecule has 1 N–H and O–H groups in total. The van der Waals surface area contributed by atoms with Crippen molar-refractivity contribution in [3.63, 3.8) is 0 Å². The van der Waals surface area contributed by atoms with Gasteiger partial charge in [0.15, 0.2) is 24.0 Å². The van der Waals surface area contributed by atoms with Crippen LogP contribution in [0.2, 0.25) is 5.02 Å². The number of amides is 1. The first-order valence-electron chi connectivity index (χ1n) is 9.13. The van der Waals surface area contributed by atoms with Gasteiger partial charge in [0.2, 0.25) is 5.95 Å². The van der Waals surface area contributed by atoms with E-state index < -0.39 is 23.4 Å². The highest BCUT2D eigenvalue weighted by Crippen LogP contribution is 2.19. The molecule has 4 aromatic rings. The molecule has 0 saturated carbocycles. The van der Waals surface area contributed by atoms with Crippen molar-refractivity contribution < 1.29 is 22.7 Å². The molecule has 0 spiro atoms. The van der Waals surface area contributed by atoms with Gasteiger partial charge in [0.25, 0.3) is 5.91 Å². The van der Waals surface area contributed by atoms with Crippen LogP contribution in [0.25, 0.3) is 0 Å². The number of hydrogen-bond acceptors (Lipinski definition) is 5.